The number of fused-ring (bicyclic) bond motifs is 1. The van der Waals surface area contributed by atoms with Crippen molar-refractivity contribution in [1.29, 1.82) is 0 Å². The standard InChI is InChI=1S/C16H12BrNO2/c17-14-4-2-1-3-12(14)15(19)11-6-5-10-7-8-18-16(20)13(10)9-11/h1-6,9H,7-8H2,(H,18,20). The molecule has 3 nitrogen and oxygen atoms in total. The molecule has 4 heteroatoms. The van der Waals surface area contributed by atoms with Crippen molar-refractivity contribution < 1.29 is 9.59 Å². The maximum Gasteiger partial charge on any atom is 0.251 e. The van der Waals surface area contributed by atoms with Crippen LogP contribution in [0.2, 0.25) is 0 Å². The summed E-state index contributed by atoms with van der Waals surface area (Å²) in [5, 5.41) is 2.80. The number of benzene rings is 2. The Balaban J connectivity index is 2.03. The number of hydrogen-bond acceptors (Lipinski definition) is 2. The second-order valence-electron chi connectivity index (χ2n) is 4.69. The van der Waals surface area contributed by atoms with Gasteiger partial charge in [0, 0.05) is 27.7 Å². The first-order valence-electron chi connectivity index (χ1n) is 6.37. The largest absolute Gasteiger partial charge is 0.352 e. The zero-order valence-electron chi connectivity index (χ0n) is 10.7. The second-order valence-corrected chi connectivity index (χ2v) is 5.54. The van der Waals surface area contributed by atoms with E-state index in [9.17, 15) is 9.59 Å². The van der Waals surface area contributed by atoms with Crippen LogP contribution < -0.4 is 5.32 Å². The lowest BCUT2D eigenvalue weighted by Gasteiger charge is -2.17. The molecule has 1 aliphatic heterocycles. The van der Waals surface area contributed by atoms with Crippen LogP contribution in [-0.4, -0.2) is 18.2 Å². The summed E-state index contributed by atoms with van der Waals surface area (Å²) in [4.78, 5) is 24.3. The van der Waals surface area contributed by atoms with E-state index in [0.717, 1.165) is 16.5 Å². The molecule has 0 aliphatic carbocycles. The Kier molecular flexibility index (Phi) is 3.40. The minimum Gasteiger partial charge on any atom is -0.352 e. The van der Waals surface area contributed by atoms with Crippen LogP contribution in [0.4, 0.5) is 0 Å². The number of carbonyl (C=O) groups excluding carboxylic acids is 2. The third-order valence-corrected chi connectivity index (χ3v) is 4.11. The summed E-state index contributed by atoms with van der Waals surface area (Å²) in [5.74, 6) is -0.188. The van der Waals surface area contributed by atoms with Crippen LogP contribution in [-0.2, 0) is 6.42 Å². The second kappa shape index (κ2) is 5.21. The molecule has 0 radical (unpaired) electrons. The SMILES string of the molecule is O=C(c1ccc2c(c1)C(=O)NCC2)c1ccccc1Br. The highest BCUT2D eigenvalue weighted by molar-refractivity contribution is 9.10. The summed E-state index contributed by atoms with van der Waals surface area (Å²) in [6, 6.07) is 12.6. The first-order chi connectivity index (χ1) is 9.66. The molecule has 0 bridgehead atoms. The number of amides is 1. The topological polar surface area (TPSA) is 46.2 Å². The lowest BCUT2D eigenvalue weighted by Crippen LogP contribution is -2.32. The minimum atomic E-state index is -0.104. The summed E-state index contributed by atoms with van der Waals surface area (Å²) in [6.45, 7) is 0.656. The lowest BCUT2D eigenvalue weighted by molar-refractivity contribution is 0.0946. The molecule has 100 valence electrons. The van der Waals surface area contributed by atoms with Crippen LogP contribution in [0, 0.1) is 0 Å². The van der Waals surface area contributed by atoms with Crippen LogP contribution in [0.1, 0.15) is 31.8 Å². The molecule has 0 aromatic heterocycles. The van der Waals surface area contributed by atoms with Gasteiger partial charge in [-0.2, -0.15) is 0 Å². The molecule has 0 unspecified atom stereocenters. The number of rotatable bonds is 2. The first kappa shape index (κ1) is 13.1. The number of nitrogens with one attached hydrogen (secondary N) is 1. The van der Waals surface area contributed by atoms with Crippen molar-refractivity contribution in [2.45, 2.75) is 6.42 Å². The third kappa shape index (κ3) is 2.27. The summed E-state index contributed by atoms with van der Waals surface area (Å²) in [5.41, 5.74) is 2.74. The van der Waals surface area contributed by atoms with E-state index in [1.165, 1.54) is 0 Å². The van der Waals surface area contributed by atoms with Crippen LogP contribution in [0.15, 0.2) is 46.9 Å². The maximum absolute atomic E-state index is 12.5. The van der Waals surface area contributed by atoms with Crippen molar-refractivity contribution >= 4 is 27.6 Å². The molecule has 1 N–H and O–H groups in total. The van der Waals surface area contributed by atoms with Gasteiger partial charge < -0.3 is 5.32 Å². The molecular weight excluding hydrogens is 318 g/mol. The Morgan fingerprint density at radius 2 is 1.95 bits per heavy atom. The Morgan fingerprint density at radius 1 is 1.15 bits per heavy atom. The van der Waals surface area contributed by atoms with E-state index in [4.69, 9.17) is 0 Å². The molecule has 2 aromatic carbocycles. The molecule has 0 spiro atoms. The summed E-state index contributed by atoms with van der Waals surface area (Å²) >= 11 is 3.38. The zero-order chi connectivity index (χ0) is 14.1. The summed E-state index contributed by atoms with van der Waals surface area (Å²) < 4.78 is 0.757. The van der Waals surface area contributed by atoms with Gasteiger partial charge in [-0.1, -0.05) is 40.2 Å². The van der Waals surface area contributed by atoms with Crippen molar-refractivity contribution in [3.63, 3.8) is 0 Å². The van der Waals surface area contributed by atoms with Crippen LogP contribution >= 0.6 is 15.9 Å². The van der Waals surface area contributed by atoms with Crippen LogP contribution in [0.5, 0.6) is 0 Å². The van der Waals surface area contributed by atoms with Crippen molar-refractivity contribution in [2.75, 3.05) is 6.54 Å². The Morgan fingerprint density at radius 3 is 2.75 bits per heavy atom. The normalized spacial score (nSPS) is 13.6. The first-order valence-corrected chi connectivity index (χ1v) is 7.16. The monoisotopic (exact) mass is 329 g/mol. The van der Waals surface area contributed by atoms with Gasteiger partial charge in [0.15, 0.2) is 5.78 Å². The van der Waals surface area contributed by atoms with Gasteiger partial charge in [-0.15, -0.1) is 0 Å². The Bertz CT molecular complexity index is 709. The van der Waals surface area contributed by atoms with E-state index in [0.29, 0.717) is 23.2 Å². The van der Waals surface area contributed by atoms with Crippen LogP contribution in [0.3, 0.4) is 0 Å². The molecule has 1 heterocycles. The van der Waals surface area contributed by atoms with Crippen LogP contribution in [0.25, 0.3) is 0 Å². The molecule has 0 saturated heterocycles. The lowest BCUT2D eigenvalue weighted by atomic mass is 9.94. The molecule has 0 fully saturated rings. The minimum absolute atomic E-state index is 0.0846. The molecular formula is C16H12BrNO2. The van der Waals surface area contributed by atoms with E-state index in [2.05, 4.69) is 21.2 Å². The maximum atomic E-state index is 12.5. The summed E-state index contributed by atoms with van der Waals surface area (Å²) in [7, 11) is 0. The van der Waals surface area contributed by atoms with E-state index in [-0.39, 0.29) is 11.7 Å². The molecule has 20 heavy (non-hydrogen) atoms. The third-order valence-electron chi connectivity index (χ3n) is 3.42. The highest BCUT2D eigenvalue weighted by Crippen LogP contribution is 2.22. The van der Waals surface area contributed by atoms with E-state index < -0.39 is 0 Å². The molecule has 1 aliphatic rings. The quantitative estimate of drug-likeness (QED) is 0.861. The fourth-order valence-corrected chi connectivity index (χ4v) is 2.82. The Hall–Kier alpha value is -1.94. The number of hydrogen-bond donors (Lipinski definition) is 1. The van der Waals surface area contributed by atoms with E-state index >= 15 is 0 Å². The predicted octanol–water partition coefficient (Wildman–Crippen LogP) is 2.97. The number of ketones is 1. The van der Waals surface area contributed by atoms with Gasteiger partial charge in [0.1, 0.15) is 0 Å². The number of halogens is 1. The highest BCUT2D eigenvalue weighted by Gasteiger charge is 2.19. The van der Waals surface area contributed by atoms with Gasteiger partial charge in [0.05, 0.1) is 0 Å². The zero-order valence-corrected chi connectivity index (χ0v) is 12.2. The molecule has 0 saturated carbocycles. The molecule has 0 atom stereocenters. The Labute approximate surface area is 125 Å². The van der Waals surface area contributed by atoms with Crippen molar-refractivity contribution in [1.82, 2.24) is 5.32 Å². The average Bonchev–Trinajstić information content (AvgIpc) is 2.47. The van der Waals surface area contributed by atoms with Gasteiger partial charge >= 0.3 is 0 Å². The van der Waals surface area contributed by atoms with Gasteiger partial charge in [-0.05, 0) is 30.2 Å². The summed E-state index contributed by atoms with van der Waals surface area (Å²) in [6.07, 6.45) is 0.810. The van der Waals surface area contributed by atoms with Crippen molar-refractivity contribution in [2.24, 2.45) is 0 Å². The van der Waals surface area contributed by atoms with Crippen molar-refractivity contribution in [3.8, 4) is 0 Å². The number of carbonyl (C=O) groups is 2. The van der Waals surface area contributed by atoms with Gasteiger partial charge in [-0.3, -0.25) is 9.59 Å². The van der Waals surface area contributed by atoms with Crippen molar-refractivity contribution in [3.05, 3.63) is 69.2 Å². The van der Waals surface area contributed by atoms with Gasteiger partial charge in [0.2, 0.25) is 0 Å². The molecule has 1 amide bonds. The van der Waals surface area contributed by atoms with Gasteiger partial charge in [-0.25, -0.2) is 0 Å². The average molecular weight is 330 g/mol. The predicted molar refractivity (Wildman–Crippen MR) is 80.1 cm³/mol. The smallest absolute Gasteiger partial charge is 0.251 e. The highest BCUT2D eigenvalue weighted by atomic mass is 79.9. The van der Waals surface area contributed by atoms with Gasteiger partial charge in [0.25, 0.3) is 5.91 Å². The molecule has 2 aromatic rings. The molecule has 3 rings (SSSR count). The fraction of sp³-hybridized carbons (Fsp3) is 0.125. The van der Waals surface area contributed by atoms with E-state index in [1.807, 2.05) is 24.3 Å². The van der Waals surface area contributed by atoms with E-state index in [1.54, 1.807) is 18.2 Å². The fourth-order valence-electron chi connectivity index (χ4n) is 2.35.